The van der Waals surface area contributed by atoms with Gasteiger partial charge in [0.25, 0.3) is 5.91 Å². The number of methoxy groups -OCH3 is 2. The summed E-state index contributed by atoms with van der Waals surface area (Å²) in [5.74, 6) is 0.970. The van der Waals surface area contributed by atoms with Crippen LogP contribution in [0.4, 0.5) is 0 Å². The number of nitrogens with zero attached hydrogens (tertiary/aromatic N) is 3. The Morgan fingerprint density at radius 3 is 2.96 bits per heavy atom. The molecule has 0 aliphatic rings. The standard InChI is InChI=1S/C16H16N4O3S/c1-10-14(20-6-7-24-16(20)18-10)15(21)19-17-9-11-4-5-12(22-2)8-13(11)23-3/h4-9H,1-3H3,(H,19,21). The van der Waals surface area contributed by atoms with Crippen LogP contribution in [0.1, 0.15) is 21.7 Å². The summed E-state index contributed by atoms with van der Waals surface area (Å²) >= 11 is 1.47. The molecule has 7 nitrogen and oxygen atoms in total. The molecule has 0 aliphatic carbocycles. The van der Waals surface area contributed by atoms with E-state index in [-0.39, 0.29) is 5.91 Å². The molecule has 0 fully saturated rings. The average molecular weight is 344 g/mol. The van der Waals surface area contributed by atoms with Gasteiger partial charge in [-0.2, -0.15) is 5.10 Å². The zero-order valence-electron chi connectivity index (χ0n) is 13.4. The summed E-state index contributed by atoms with van der Waals surface area (Å²) in [5, 5.41) is 5.89. The molecule has 3 aromatic rings. The van der Waals surface area contributed by atoms with E-state index in [2.05, 4.69) is 15.5 Å². The number of carbonyl (C=O) groups is 1. The molecule has 0 aliphatic heterocycles. The van der Waals surface area contributed by atoms with Gasteiger partial charge in [-0.05, 0) is 19.1 Å². The first-order valence-corrected chi connectivity index (χ1v) is 7.99. The molecule has 124 valence electrons. The van der Waals surface area contributed by atoms with Gasteiger partial charge < -0.3 is 9.47 Å². The van der Waals surface area contributed by atoms with E-state index in [1.807, 2.05) is 11.6 Å². The minimum atomic E-state index is -0.317. The molecule has 8 heteroatoms. The molecule has 0 saturated carbocycles. The molecule has 0 unspecified atom stereocenters. The number of nitrogens with one attached hydrogen (secondary N) is 1. The smallest absolute Gasteiger partial charge is 0.290 e. The van der Waals surface area contributed by atoms with Gasteiger partial charge in [-0.15, -0.1) is 11.3 Å². The Bertz CT molecular complexity index is 913. The number of aryl methyl sites for hydroxylation is 1. The maximum Gasteiger partial charge on any atom is 0.290 e. The van der Waals surface area contributed by atoms with Crippen molar-refractivity contribution in [2.75, 3.05) is 14.2 Å². The highest BCUT2D eigenvalue weighted by Crippen LogP contribution is 2.23. The fourth-order valence-corrected chi connectivity index (χ4v) is 3.07. The van der Waals surface area contributed by atoms with Crippen molar-refractivity contribution >= 4 is 28.4 Å². The lowest BCUT2D eigenvalue weighted by Crippen LogP contribution is -2.20. The van der Waals surface area contributed by atoms with Gasteiger partial charge >= 0.3 is 0 Å². The summed E-state index contributed by atoms with van der Waals surface area (Å²) in [5.41, 5.74) is 4.39. The molecule has 1 N–H and O–H groups in total. The van der Waals surface area contributed by atoms with Crippen LogP contribution in [0, 0.1) is 6.92 Å². The molecule has 1 aromatic carbocycles. The van der Waals surface area contributed by atoms with E-state index in [1.165, 1.54) is 17.6 Å². The van der Waals surface area contributed by atoms with Gasteiger partial charge in [0.1, 0.15) is 17.2 Å². The largest absolute Gasteiger partial charge is 0.497 e. The van der Waals surface area contributed by atoms with Crippen LogP contribution in [0.3, 0.4) is 0 Å². The predicted octanol–water partition coefficient (Wildman–Crippen LogP) is 2.49. The first-order chi connectivity index (χ1) is 11.6. The zero-order chi connectivity index (χ0) is 17.1. The molecule has 0 saturated heterocycles. The number of amides is 1. The van der Waals surface area contributed by atoms with E-state index < -0.39 is 0 Å². The van der Waals surface area contributed by atoms with E-state index >= 15 is 0 Å². The van der Waals surface area contributed by atoms with Crippen LogP contribution in [0.5, 0.6) is 11.5 Å². The highest BCUT2D eigenvalue weighted by molar-refractivity contribution is 7.15. The fraction of sp³-hybridized carbons (Fsp3) is 0.188. The van der Waals surface area contributed by atoms with Crippen LogP contribution in [-0.2, 0) is 0 Å². The van der Waals surface area contributed by atoms with Crippen LogP contribution in [0.2, 0.25) is 0 Å². The van der Waals surface area contributed by atoms with Crippen LogP contribution in [0.25, 0.3) is 4.96 Å². The van der Waals surface area contributed by atoms with Crippen LogP contribution < -0.4 is 14.9 Å². The molecular weight excluding hydrogens is 328 g/mol. The molecular formula is C16H16N4O3S. The maximum absolute atomic E-state index is 12.4. The van der Waals surface area contributed by atoms with Gasteiger partial charge in [0.2, 0.25) is 0 Å². The number of thiazole rings is 1. The lowest BCUT2D eigenvalue weighted by Gasteiger charge is -2.07. The number of hydrogen-bond donors (Lipinski definition) is 1. The first kappa shape index (κ1) is 16.0. The first-order valence-electron chi connectivity index (χ1n) is 7.11. The zero-order valence-corrected chi connectivity index (χ0v) is 14.3. The monoisotopic (exact) mass is 344 g/mol. The third-order valence-electron chi connectivity index (χ3n) is 3.46. The Morgan fingerprint density at radius 2 is 2.21 bits per heavy atom. The van der Waals surface area contributed by atoms with Gasteiger partial charge in [0, 0.05) is 23.2 Å². The highest BCUT2D eigenvalue weighted by atomic mass is 32.1. The van der Waals surface area contributed by atoms with Gasteiger partial charge in [-0.1, -0.05) is 0 Å². The van der Waals surface area contributed by atoms with Crippen molar-refractivity contribution in [2.45, 2.75) is 6.92 Å². The van der Waals surface area contributed by atoms with Crippen molar-refractivity contribution in [3.05, 3.63) is 46.7 Å². The van der Waals surface area contributed by atoms with E-state index in [0.717, 1.165) is 10.5 Å². The summed E-state index contributed by atoms with van der Waals surface area (Å²) in [6.07, 6.45) is 3.34. The molecule has 2 heterocycles. The lowest BCUT2D eigenvalue weighted by molar-refractivity contribution is 0.0948. The predicted molar refractivity (Wildman–Crippen MR) is 92.4 cm³/mol. The second-order valence-electron chi connectivity index (χ2n) is 4.91. The van der Waals surface area contributed by atoms with Crippen molar-refractivity contribution < 1.29 is 14.3 Å². The summed E-state index contributed by atoms with van der Waals surface area (Å²) in [7, 11) is 3.15. The van der Waals surface area contributed by atoms with Crippen LogP contribution in [0.15, 0.2) is 34.9 Å². The van der Waals surface area contributed by atoms with Crippen LogP contribution in [-0.4, -0.2) is 35.7 Å². The molecule has 0 atom stereocenters. The Balaban J connectivity index is 1.78. The van der Waals surface area contributed by atoms with Crippen LogP contribution >= 0.6 is 11.3 Å². The van der Waals surface area contributed by atoms with E-state index in [9.17, 15) is 4.79 Å². The number of hydrazone groups is 1. The fourth-order valence-electron chi connectivity index (χ4n) is 2.31. The SMILES string of the molecule is COc1ccc(C=NNC(=O)c2c(C)nc3sccn23)c(OC)c1. The minimum Gasteiger partial charge on any atom is -0.497 e. The average Bonchev–Trinajstić information content (AvgIpc) is 3.14. The molecule has 0 spiro atoms. The van der Waals surface area contributed by atoms with Crippen molar-refractivity contribution in [1.29, 1.82) is 0 Å². The number of rotatable bonds is 5. The van der Waals surface area contributed by atoms with Crippen molar-refractivity contribution in [2.24, 2.45) is 5.10 Å². The summed E-state index contributed by atoms with van der Waals surface area (Å²) in [6, 6.07) is 5.34. The normalized spacial score (nSPS) is 11.1. The summed E-state index contributed by atoms with van der Waals surface area (Å²) < 4.78 is 12.2. The topological polar surface area (TPSA) is 77.2 Å². The van der Waals surface area contributed by atoms with Gasteiger partial charge in [-0.25, -0.2) is 10.4 Å². The number of fused-ring (bicyclic) bond motifs is 1. The summed E-state index contributed by atoms with van der Waals surface area (Å²) in [4.78, 5) is 17.5. The lowest BCUT2D eigenvalue weighted by atomic mass is 10.2. The Kier molecular flexibility index (Phi) is 4.48. The second-order valence-corrected chi connectivity index (χ2v) is 5.78. The minimum absolute atomic E-state index is 0.317. The Labute approximate surface area is 142 Å². The number of hydrogen-bond acceptors (Lipinski definition) is 6. The molecule has 24 heavy (non-hydrogen) atoms. The molecule has 2 aromatic heterocycles. The third kappa shape index (κ3) is 2.95. The third-order valence-corrected chi connectivity index (χ3v) is 4.22. The van der Waals surface area contributed by atoms with E-state index in [1.54, 1.807) is 43.7 Å². The molecule has 0 bridgehead atoms. The van der Waals surface area contributed by atoms with E-state index in [0.29, 0.717) is 22.9 Å². The molecule has 1 amide bonds. The molecule has 0 radical (unpaired) electrons. The van der Waals surface area contributed by atoms with Gasteiger partial charge in [0.05, 0.1) is 26.1 Å². The Hall–Kier alpha value is -2.87. The van der Waals surface area contributed by atoms with E-state index in [4.69, 9.17) is 9.47 Å². The number of benzene rings is 1. The van der Waals surface area contributed by atoms with Gasteiger partial charge in [0.15, 0.2) is 4.96 Å². The van der Waals surface area contributed by atoms with Crippen molar-refractivity contribution in [3.63, 3.8) is 0 Å². The number of ether oxygens (including phenoxy) is 2. The van der Waals surface area contributed by atoms with Crippen molar-refractivity contribution in [3.8, 4) is 11.5 Å². The number of aromatic nitrogens is 2. The Morgan fingerprint density at radius 1 is 1.38 bits per heavy atom. The molecule has 3 rings (SSSR count). The highest BCUT2D eigenvalue weighted by Gasteiger charge is 2.16. The summed E-state index contributed by atoms with van der Waals surface area (Å²) in [6.45, 7) is 1.80. The van der Waals surface area contributed by atoms with Gasteiger partial charge in [-0.3, -0.25) is 9.20 Å². The van der Waals surface area contributed by atoms with Crippen molar-refractivity contribution in [1.82, 2.24) is 14.8 Å². The number of carbonyl (C=O) groups excluding carboxylic acids is 1. The number of imidazole rings is 1. The maximum atomic E-state index is 12.4. The second kappa shape index (κ2) is 6.71. The quantitative estimate of drug-likeness (QED) is 0.570.